The second-order valence-corrected chi connectivity index (χ2v) is 3.77. The summed E-state index contributed by atoms with van der Waals surface area (Å²) in [6.07, 6.45) is 2.82. The van der Waals surface area contributed by atoms with Crippen LogP contribution < -0.4 is 0 Å². The number of carboxylic acid groups (broad SMARTS) is 1. The molecule has 88 valence electrons. The lowest BCUT2D eigenvalue weighted by Crippen LogP contribution is -2.11. The van der Waals surface area contributed by atoms with Gasteiger partial charge in [-0.1, -0.05) is 13.8 Å². The van der Waals surface area contributed by atoms with E-state index >= 15 is 0 Å². The van der Waals surface area contributed by atoms with Crippen molar-refractivity contribution in [2.45, 2.75) is 19.8 Å². The standard InChI is InChI=1S/C10H11N5O2/c1-6(2)7-3-8(15-5-11-4-12-15)14-9(13-7)10(16)17/h3-6H,1-2H3,(H,16,17). The first-order chi connectivity index (χ1) is 8.08. The molecule has 2 heterocycles. The van der Waals surface area contributed by atoms with E-state index in [4.69, 9.17) is 5.11 Å². The molecule has 0 bridgehead atoms. The van der Waals surface area contributed by atoms with E-state index in [9.17, 15) is 4.79 Å². The van der Waals surface area contributed by atoms with Gasteiger partial charge < -0.3 is 5.11 Å². The monoisotopic (exact) mass is 233 g/mol. The number of hydrogen-bond donors (Lipinski definition) is 1. The number of aromatic carboxylic acids is 1. The summed E-state index contributed by atoms with van der Waals surface area (Å²) in [4.78, 5) is 22.6. The average Bonchev–Trinajstić information content (AvgIpc) is 2.81. The van der Waals surface area contributed by atoms with Gasteiger partial charge in [0.05, 0.1) is 0 Å². The zero-order valence-electron chi connectivity index (χ0n) is 9.40. The smallest absolute Gasteiger partial charge is 0.374 e. The minimum atomic E-state index is -1.16. The highest BCUT2D eigenvalue weighted by atomic mass is 16.4. The third-order valence-electron chi connectivity index (χ3n) is 2.17. The maximum absolute atomic E-state index is 10.9. The summed E-state index contributed by atoms with van der Waals surface area (Å²) in [7, 11) is 0. The minimum Gasteiger partial charge on any atom is -0.475 e. The molecular formula is C10H11N5O2. The summed E-state index contributed by atoms with van der Waals surface area (Å²) in [6, 6.07) is 1.70. The summed E-state index contributed by atoms with van der Waals surface area (Å²) in [6.45, 7) is 3.86. The van der Waals surface area contributed by atoms with Crippen LogP contribution in [-0.2, 0) is 0 Å². The lowest BCUT2D eigenvalue weighted by Gasteiger charge is -2.07. The van der Waals surface area contributed by atoms with Gasteiger partial charge in [-0.2, -0.15) is 5.10 Å². The molecule has 0 aliphatic heterocycles. The highest BCUT2D eigenvalue weighted by molar-refractivity contribution is 5.83. The van der Waals surface area contributed by atoms with Crippen LogP contribution in [0.3, 0.4) is 0 Å². The molecule has 0 aromatic carbocycles. The zero-order valence-corrected chi connectivity index (χ0v) is 9.40. The Labute approximate surface area is 97.2 Å². The summed E-state index contributed by atoms with van der Waals surface area (Å²) in [5, 5.41) is 12.9. The van der Waals surface area contributed by atoms with E-state index in [0.717, 1.165) is 0 Å². The van der Waals surface area contributed by atoms with Gasteiger partial charge in [0.2, 0.25) is 5.82 Å². The van der Waals surface area contributed by atoms with Crippen molar-refractivity contribution in [2.75, 3.05) is 0 Å². The third kappa shape index (κ3) is 2.27. The first kappa shape index (κ1) is 11.2. The van der Waals surface area contributed by atoms with Crippen LogP contribution in [0.25, 0.3) is 5.82 Å². The number of rotatable bonds is 3. The highest BCUT2D eigenvalue weighted by Gasteiger charge is 2.13. The summed E-state index contributed by atoms with van der Waals surface area (Å²) in [5.74, 6) is -0.882. The van der Waals surface area contributed by atoms with E-state index in [1.54, 1.807) is 6.07 Å². The van der Waals surface area contributed by atoms with Gasteiger partial charge in [0.25, 0.3) is 0 Å². The predicted octanol–water partition coefficient (Wildman–Crippen LogP) is 0.879. The molecule has 0 unspecified atom stereocenters. The Bertz CT molecular complexity index is 536. The van der Waals surface area contributed by atoms with E-state index in [0.29, 0.717) is 11.5 Å². The van der Waals surface area contributed by atoms with Crippen molar-refractivity contribution in [3.05, 3.63) is 30.2 Å². The van der Waals surface area contributed by atoms with Gasteiger partial charge in [-0.25, -0.2) is 24.4 Å². The topological polar surface area (TPSA) is 93.8 Å². The van der Waals surface area contributed by atoms with E-state index in [1.165, 1.54) is 17.3 Å². The molecule has 0 radical (unpaired) electrons. The normalized spacial score (nSPS) is 10.8. The lowest BCUT2D eigenvalue weighted by atomic mass is 10.1. The second kappa shape index (κ2) is 4.28. The van der Waals surface area contributed by atoms with Gasteiger partial charge in [0.1, 0.15) is 12.7 Å². The molecular weight excluding hydrogens is 222 g/mol. The molecule has 0 atom stereocenters. The van der Waals surface area contributed by atoms with Crippen molar-refractivity contribution in [1.29, 1.82) is 0 Å². The molecule has 2 rings (SSSR count). The Balaban J connectivity index is 2.56. The molecule has 0 saturated heterocycles. The molecule has 7 nitrogen and oxygen atoms in total. The van der Waals surface area contributed by atoms with Crippen molar-refractivity contribution in [1.82, 2.24) is 24.7 Å². The molecule has 0 fully saturated rings. The largest absolute Gasteiger partial charge is 0.475 e. The van der Waals surface area contributed by atoms with Gasteiger partial charge in [-0.05, 0) is 5.92 Å². The predicted molar refractivity (Wildman–Crippen MR) is 58.0 cm³/mol. The Morgan fingerprint density at radius 3 is 2.71 bits per heavy atom. The van der Waals surface area contributed by atoms with Crippen molar-refractivity contribution >= 4 is 5.97 Å². The van der Waals surface area contributed by atoms with Crippen LogP contribution >= 0.6 is 0 Å². The van der Waals surface area contributed by atoms with Crippen LogP contribution in [0.1, 0.15) is 36.1 Å². The van der Waals surface area contributed by atoms with Gasteiger partial charge in [-0.3, -0.25) is 0 Å². The minimum absolute atomic E-state index is 0.110. The van der Waals surface area contributed by atoms with E-state index < -0.39 is 5.97 Å². The van der Waals surface area contributed by atoms with Gasteiger partial charge in [0, 0.05) is 11.8 Å². The molecule has 0 spiro atoms. The number of hydrogen-bond acceptors (Lipinski definition) is 5. The van der Waals surface area contributed by atoms with Crippen LogP contribution in [-0.4, -0.2) is 35.8 Å². The van der Waals surface area contributed by atoms with E-state index in [2.05, 4.69) is 20.1 Å². The number of carbonyl (C=O) groups is 1. The molecule has 17 heavy (non-hydrogen) atoms. The van der Waals surface area contributed by atoms with Crippen LogP contribution in [0.4, 0.5) is 0 Å². The first-order valence-electron chi connectivity index (χ1n) is 5.05. The Morgan fingerprint density at radius 2 is 2.18 bits per heavy atom. The van der Waals surface area contributed by atoms with Crippen molar-refractivity contribution < 1.29 is 9.90 Å². The van der Waals surface area contributed by atoms with Crippen molar-refractivity contribution in [3.63, 3.8) is 0 Å². The van der Waals surface area contributed by atoms with Gasteiger partial charge in [-0.15, -0.1) is 0 Å². The quantitative estimate of drug-likeness (QED) is 0.845. The summed E-state index contributed by atoms with van der Waals surface area (Å²) >= 11 is 0. The van der Waals surface area contributed by atoms with Gasteiger partial charge >= 0.3 is 5.97 Å². The lowest BCUT2D eigenvalue weighted by molar-refractivity contribution is 0.0683. The fourth-order valence-electron chi connectivity index (χ4n) is 1.29. The van der Waals surface area contributed by atoms with E-state index in [-0.39, 0.29) is 11.7 Å². The van der Waals surface area contributed by atoms with Crippen LogP contribution in [0.2, 0.25) is 0 Å². The third-order valence-corrected chi connectivity index (χ3v) is 2.17. The Kier molecular flexibility index (Phi) is 2.82. The Hall–Kier alpha value is -2.31. The second-order valence-electron chi connectivity index (χ2n) is 3.77. The maximum atomic E-state index is 10.9. The Morgan fingerprint density at radius 1 is 1.41 bits per heavy atom. The molecule has 2 aromatic heterocycles. The fraction of sp³-hybridized carbons (Fsp3) is 0.300. The molecule has 2 aromatic rings. The molecule has 0 amide bonds. The summed E-state index contributed by atoms with van der Waals surface area (Å²) in [5.41, 5.74) is 0.655. The van der Waals surface area contributed by atoms with Crippen molar-refractivity contribution in [3.8, 4) is 5.82 Å². The van der Waals surface area contributed by atoms with Crippen LogP contribution in [0.5, 0.6) is 0 Å². The number of carboxylic acids is 1. The zero-order chi connectivity index (χ0) is 12.4. The first-order valence-corrected chi connectivity index (χ1v) is 5.05. The van der Waals surface area contributed by atoms with Crippen LogP contribution in [0.15, 0.2) is 18.7 Å². The van der Waals surface area contributed by atoms with E-state index in [1.807, 2.05) is 13.8 Å². The molecule has 0 saturated carbocycles. The van der Waals surface area contributed by atoms with Crippen LogP contribution in [0, 0.1) is 0 Å². The summed E-state index contributed by atoms with van der Waals surface area (Å²) < 4.78 is 1.40. The van der Waals surface area contributed by atoms with Crippen molar-refractivity contribution in [2.24, 2.45) is 0 Å². The SMILES string of the molecule is CC(C)c1cc(-n2cncn2)nc(C(=O)O)n1. The number of aromatic nitrogens is 5. The molecule has 1 N–H and O–H groups in total. The fourth-order valence-corrected chi connectivity index (χ4v) is 1.29. The van der Waals surface area contributed by atoms with Gasteiger partial charge in [0.15, 0.2) is 5.82 Å². The maximum Gasteiger partial charge on any atom is 0.374 e. The highest BCUT2D eigenvalue weighted by Crippen LogP contribution is 2.14. The number of nitrogens with zero attached hydrogens (tertiary/aromatic N) is 5. The molecule has 7 heteroatoms. The molecule has 0 aliphatic carbocycles. The molecule has 0 aliphatic rings. The average molecular weight is 233 g/mol.